The van der Waals surface area contributed by atoms with E-state index in [-0.39, 0.29) is 23.7 Å². The maximum Gasteiger partial charge on any atom is 0.254 e. The van der Waals surface area contributed by atoms with Crippen LogP contribution in [0.2, 0.25) is 0 Å². The number of ether oxygens (including phenoxy) is 1. The first-order valence-electron chi connectivity index (χ1n) is 12.9. The van der Waals surface area contributed by atoms with Crippen LogP contribution in [0.15, 0.2) is 79.4 Å². The minimum absolute atomic E-state index is 0.0177. The molecule has 0 radical (unpaired) electrons. The molecule has 3 aliphatic carbocycles. The zero-order valence-corrected chi connectivity index (χ0v) is 21.4. The van der Waals surface area contributed by atoms with Gasteiger partial charge in [-0.3, -0.25) is 9.59 Å². The fourth-order valence-electron chi connectivity index (χ4n) is 7.72. The Morgan fingerprint density at radius 2 is 1.73 bits per heavy atom. The normalized spacial score (nSPS) is 27.4. The van der Waals surface area contributed by atoms with Crippen LogP contribution >= 0.6 is 0 Å². The van der Waals surface area contributed by atoms with Gasteiger partial charge in [0, 0.05) is 41.5 Å². The molecule has 0 spiro atoms. The van der Waals surface area contributed by atoms with E-state index < -0.39 is 10.8 Å². The maximum atomic E-state index is 13.9. The third kappa shape index (κ3) is 3.09. The number of likely N-dealkylation sites (tertiary alicyclic amines) is 1. The summed E-state index contributed by atoms with van der Waals surface area (Å²) in [5, 5.41) is 0. The number of fused-ring (bicyclic) bond motifs is 1. The second kappa shape index (κ2) is 8.34. The van der Waals surface area contributed by atoms with Gasteiger partial charge < -0.3 is 15.4 Å². The molecule has 5 heteroatoms. The molecule has 2 fully saturated rings. The van der Waals surface area contributed by atoms with Gasteiger partial charge in [-0.15, -0.1) is 0 Å². The average molecular weight is 493 g/mol. The van der Waals surface area contributed by atoms with E-state index in [1.807, 2.05) is 35.2 Å². The van der Waals surface area contributed by atoms with E-state index in [1.165, 1.54) is 22.3 Å². The Kier molecular flexibility index (Phi) is 5.30. The first-order chi connectivity index (χ1) is 17.8. The fourth-order valence-corrected chi connectivity index (χ4v) is 7.72. The zero-order valence-electron chi connectivity index (χ0n) is 21.4. The standard InChI is InChI=1S/C32H32N2O3/c1-20-12-14-22(15-13-20)31-17-16-26(24-9-4-6-10-25(24)31)32(30(33)36)19-34(18-28(31)32)29(35)21(2)23-8-5-7-11-27(23)37-3/h4-15,26,28H,2,16-19H2,1,3H3,(H2,33,36). The van der Waals surface area contributed by atoms with Gasteiger partial charge in [0.15, 0.2) is 0 Å². The van der Waals surface area contributed by atoms with E-state index in [2.05, 4.69) is 56.0 Å². The van der Waals surface area contributed by atoms with Crippen molar-refractivity contribution < 1.29 is 14.3 Å². The molecule has 2 bridgehead atoms. The fraction of sp³-hybridized carbons (Fsp3) is 0.312. The van der Waals surface area contributed by atoms with Gasteiger partial charge in [-0.05, 0) is 42.5 Å². The van der Waals surface area contributed by atoms with E-state index in [0.717, 1.165) is 12.8 Å². The molecular weight excluding hydrogens is 460 g/mol. The van der Waals surface area contributed by atoms with Gasteiger partial charge in [-0.2, -0.15) is 0 Å². The molecule has 3 aromatic rings. The molecule has 3 aromatic carbocycles. The number of hydrogen-bond acceptors (Lipinski definition) is 3. The average Bonchev–Trinajstić information content (AvgIpc) is 3.37. The number of nitrogens with zero attached hydrogens (tertiary/aromatic N) is 1. The largest absolute Gasteiger partial charge is 0.496 e. The summed E-state index contributed by atoms with van der Waals surface area (Å²) >= 11 is 0. The second-order valence-electron chi connectivity index (χ2n) is 10.8. The van der Waals surface area contributed by atoms with Crippen LogP contribution in [0.5, 0.6) is 5.75 Å². The number of carbonyl (C=O) groups is 2. The minimum Gasteiger partial charge on any atom is -0.496 e. The maximum absolute atomic E-state index is 13.9. The number of methoxy groups -OCH3 is 1. The van der Waals surface area contributed by atoms with Crippen LogP contribution in [0, 0.1) is 18.3 Å². The summed E-state index contributed by atoms with van der Waals surface area (Å²) in [5.41, 5.74) is 11.0. The highest BCUT2D eigenvalue weighted by atomic mass is 16.5. The summed E-state index contributed by atoms with van der Waals surface area (Å²) in [7, 11) is 1.59. The predicted molar refractivity (Wildman–Crippen MR) is 144 cm³/mol. The molecule has 37 heavy (non-hydrogen) atoms. The van der Waals surface area contributed by atoms with Crippen LogP contribution in [-0.2, 0) is 15.0 Å². The molecule has 1 heterocycles. The molecule has 7 rings (SSSR count). The van der Waals surface area contributed by atoms with Crippen molar-refractivity contribution in [3.8, 4) is 5.75 Å². The molecule has 4 aliphatic rings. The molecule has 1 aliphatic heterocycles. The Bertz CT molecular complexity index is 1430. The quantitative estimate of drug-likeness (QED) is 0.519. The predicted octanol–water partition coefficient (Wildman–Crippen LogP) is 4.82. The molecule has 1 saturated heterocycles. The first-order valence-corrected chi connectivity index (χ1v) is 12.9. The van der Waals surface area contributed by atoms with E-state index in [4.69, 9.17) is 10.5 Å². The van der Waals surface area contributed by atoms with Gasteiger partial charge in [0.2, 0.25) is 5.91 Å². The van der Waals surface area contributed by atoms with E-state index in [1.54, 1.807) is 7.11 Å². The van der Waals surface area contributed by atoms with Gasteiger partial charge in [0.25, 0.3) is 5.91 Å². The van der Waals surface area contributed by atoms with Crippen LogP contribution in [-0.4, -0.2) is 36.9 Å². The highest BCUT2D eigenvalue weighted by Gasteiger charge is 2.70. The van der Waals surface area contributed by atoms with Crippen molar-refractivity contribution in [1.29, 1.82) is 0 Å². The van der Waals surface area contributed by atoms with Crippen LogP contribution in [0.3, 0.4) is 0 Å². The van der Waals surface area contributed by atoms with Crippen molar-refractivity contribution in [2.75, 3.05) is 20.2 Å². The Balaban J connectivity index is 1.49. The molecule has 5 nitrogen and oxygen atoms in total. The molecule has 188 valence electrons. The Labute approximate surface area is 217 Å². The van der Waals surface area contributed by atoms with Gasteiger partial charge >= 0.3 is 0 Å². The third-order valence-electron chi connectivity index (χ3n) is 9.34. The number of nitrogens with two attached hydrogens (primary N) is 1. The van der Waals surface area contributed by atoms with E-state index in [9.17, 15) is 9.59 Å². The van der Waals surface area contributed by atoms with Gasteiger partial charge in [0.1, 0.15) is 5.75 Å². The molecule has 4 atom stereocenters. The Morgan fingerprint density at radius 3 is 2.46 bits per heavy atom. The monoisotopic (exact) mass is 492 g/mol. The molecule has 1 saturated carbocycles. The topological polar surface area (TPSA) is 72.6 Å². The molecular formula is C32H32N2O3. The number of benzene rings is 3. The number of para-hydroxylation sites is 1. The number of primary amides is 1. The molecule has 2 N–H and O–H groups in total. The van der Waals surface area contributed by atoms with Crippen LogP contribution in [0.25, 0.3) is 5.57 Å². The lowest BCUT2D eigenvalue weighted by Crippen LogP contribution is -2.61. The van der Waals surface area contributed by atoms with Crippen molar-refractivity contribution in [2.24, 2.45) is 17.1 Å². The van der Waals surface area contributed by atoms with Crippen molar-refractivity contribution in [1.82, 2.24) is 4.90 Å². The van der Waals surface area contributed by atoms with Crippen molar-refractivity contribution in [2.45, 2.75) is 31.1 Å². The Morgan fingerprint density at radius 1 is 1.03 bits per heavy atom. The summed E-state index contributed by atoms with van der Waals surface area (Å²) in [4.78, 5) is 29.3. The number of rotatable bonds is 5. The molecule has 4 unspecified atom stereocenters. The highest BCUT2D eigenvalue weighted by Crippen LogP contribution is 2.68. The lowest BCUT2D eigenvalue weighted by molar-refractivity contribution is -0.135. The van der Waals surface area contributed by atoms with Crippen LogP contribution in [0.4, 0.5) is 0 Å². The highest BCUT2D eigenvalue weighted by molar-refractivity contribution is 6.19. The van der Waals surface area contributed by atoms with Crippen LogP contribution < -0.4 is 10.5 Å². The molecule has 2 amide bonds. The summed E-state index contributed by atoms with van der Waals surface area (Å²) in [6.07, 6.45) is 1.78. The zero-order chi connectivity index (χ0) is 25.9. The Hall–Kier alpha value is -3.86. The molecule has 0 aromatic heterocycles. The van der Waals surface area contributed by atoms with E-state index in [0.29, 0.717) is 30.0 Å². The summed E-state index contributed by atoms with van der Waals surface area (Å²) in [6, 6.07) is 24.6. The number of hydrogen-bond donors (Lipinski definition) is 1. The number of aryl methyl sites for hydroxylation is 1. The van der Waals surface area contributed by atoms with Gasteiger partial charge in [0.05, 0.1) is 12.5 Å². The van der Waals surface area contributed by atoms with Gasteiger partial charge in [-0.25, -0.2) is 0 Å². The second-order valence-corrected chi connectivity index (χ2v) is 10.8. The van der Waals surface area contributed by atoms with Crippen molar-refractivity contribution >= 4 is 17.4 Å². The van der Waals surface area contributed by atoms with Crippen molar-refractivity contribution in [3.05, 3.63) is 107 Å². The van der Waals surface area contributed by atoms with Crippen molar-refractivity contribution in [3.63, 3.8) is 0 Å². The van der Waals surface area contributed by atoms with E-state index >= 15 is 0 Å². The number of carbonyl (C=O) groups excluding carboxylic acids is 2. The smallest absolute Gasteiger partial charge is 0.254 e. The SMILES string of the molecule is C=C(C(=O)N1CC2C3(c4ccc(C)cc4)CCC(c4ccccc43)C2(C(N)=O)C1)c1ccccc1OC. The lowest BCUT2D eigenvalue weighted by Gasteiger charge is -2.59. The number of amides is 2. The summed E-state index contributed by atoms with van der Waals surface area (Å²) in [6.45, 7) is 6.99. The van der Waals surface area contributed by atoms with Gasteiger partial charge in [-0.1, -0.05) is 78.9 Å². The minimum atomic E-state index is -0.839. The summed E-state index contributed by atoms with van der Waals surface area (Å²) in [5.74, 6) is -0.0294. The van der Waals surface area contributed by atoms with Crippen LogP contribution in [0.1, 0.15) is 46.6 Å². The summed E-state index contributed by atoms with van der Waals surface area (Å²) < 4.78 is 5.50. The lowest BCUT2D eigenvalue weighted by atomic mass is 9.42. The first kappa shape index (κ1) is 23.5. The third-order valence-corrected chi connectivity index (χ3v) is 9.34.